The molecule has 1 N–H and O–H groups in total. The zero-order valence-electron chi connectivity index (χ0n) is 9.55. The van der Waals surface area contributed by atoms with E-state index in [1.807, 2.05) is 6.92 Å². The number of aromatic nitrogens is 3. The summed E-state index contributed by atoms with van der Waals surface area (Å²) in [4.78, 5) is 7.92. The van der Waals surface area contributed by atoms with Crippen molar-refractivity contribution >= 4 is 0 Å². The first kappa shape index (κ1) is 11.7. The van der Waals surface area contributed by atoms with Gasteiger partial charge in [-0.15, -0.1) is 0 Å². The molecule has 0 radical (unpaired) electrons. The van der Waals surface area contributed by atoms with Crippen LogP contribution >= 0.6 is 0 Å². The molecule has 0 aliphatic heterocycles. The molecule has 1 atom stereocenters. The van der Waals surface area contributed by atoms with Gasteiger partial charge in [-0.05, 0) is 18.6 Å². The minimum Gasteiger partial charge on any atom is -0.379 e. The molecule has 0 fully saturated rings. The number of hydrogen-bond acceptors (Lipinski definition) is 3. The summed E-state index contributed by atoms with van der Waals surface area (Å²) in [6.07, 6.45) is 4.60. The molecule has 0 aliphatic rings. The third kappa shape index (κ3) is 2.34. The molecule has 2 rings (SSSR count). The second-order valence-corrected chi connectivity index (χ2v) is 3.75. The van der Waals surface area contributed by atoms with Crippen molar-refractivity contribution in [3.63, 3.8) is 0 Å². The first-order chi connectivity index (χ1) is 8.24. The van der Waals surface area contributed by atoms with Crippen molar-refractivity contribution in [3.05, 3.63) is 48.1 Å². The fourth-order valence-electron chi connectivity index (χ4n) is 1.72. The van der Waals surface area contributed by atoms with Crippen molar-refractivity contribution < 1.29 is 9.50 Å². The van der Waals surface area contributed by atoms with Crippen molar-refractivity contribution in [1.82, 2.24) is 14.5 Å². The summed E-state index contributed by atoms with van der Waals surface area (Å²) < 4.78 is 15.3. The van der Waals surface area contributed by atoms with E-state index in [4.69, 9.17) is 0 Å². The van der Waals surface area contributed by atoms with E-state index in [-0.39, 0.29) is 5.69 Å². The molecular formula is C12H14FN3O. The minimum atomic E-state index is -1.13. The van der Waals surface area contributed by atoms with Crippen LogP contribution in [0, 0.1) is 5.82 Å². The molecule has 0 spiro atoms. The molecule has 0 saturated carbocycles. The number of rotatable bonds is 4. The molecule has 4 nitrogen and oxygen atoms in total. The molecule has 0 saturated heterocycles. The van der Waals surface area contributed by atoms with Gasteiger partial charge in [0, 0.05) is 25.1 Å². The summed E-state index contributed by atoms with van der Waals surface area (Å²) in [6, 6.07) is 2.77. The van der Waals surface area contributed by atoms with E-state index in [1.54, 1.807) is 17.0 Å². The molecule has 1 unspecified atom stereocenters. The van der Waals surface area contributed by atoms with Crippen LogP contribution in [0.15, 0.2) is 30.7 Å². The average Bonchev–Trinajstić information content (AvgIpc) is 2.78. The van der Waals surface area contributed by atoms with Crippen LogP contribution in [-0.4, -0.2) is 19.6 Å². The standard InChI is InChI=1S/C12H14FN3O/c1-2-7-16-8-6-15-12(16)11(17)10-9(13)4-3-5-14-10/h3-6,8,11,17H,2,7H2,1H3. The molecule has 5 heteroatoms. The topological polar surface area (TPSA) is 50.9 Å². The number of aryl methyl sites for hydroxylation is 1. The average molecular weight is 235 g/mol. The van der Waals surface area contributed by atoms with E-state index >= 15 is 0 Å². The van der Waals surface area contributed by atoms with E-state index in [0.717, 1.165) is 13.0 Å². The van der Waals surface area contributed by atoms with E-state index < -0.39 is 11.9 Å². The molecule has 2 aromatic heterocycles. The number of halogens is 1. The van der Waals surface area contributed by atoms with Gasteiger partial charge >= 0.3 is 0 Å². The lowest BCUT2D eigenvalue weighted by Crippen LogP contribution is -2.12. The van der Waals surface area contributed by atoms with Crippen molar-refractivity contribution in [3.8, 4) is 0 Å². The molecule has 90 valence electrons. The van der Waals surface area contributed by atoms with Gasteiger partial charge in [0.1, 0.15) is 17.3 Å². The summed E-state index contributed by atoms with van der Waals surface area (Å²) in [5.74, 6) is -0.101. The number of pyridine rings is 1. The Balaban J connectivity index is 2.34. The first-order valence-electron chi connectivity index (χ1n) is 5.53. The molecule has 2 heterocycles. The molecule has 2 aromatic rings. The van der Waals surface area contributed by atoms with Gasteiger partial charge in [-0.2, -0.15) is 0 Å². The van der Waals surface area contributed by atoms with Crippen LogP contribution in [0.2, 0.25) is 0 Å². The van der Waals surface area contributed by atoms with Crippen LogP contribution in [-0.2, 0) is 6.54 Å². The maximum atomic E-state index is 13.5. The van der Waals surface area contributed by atoms with Gasteiger partial charge in [-0.25, -0.2) is 9.37 Å². The summed E-state index contributed by atoms with van der Waals surface area (Å²) >= 11 is 0. The SMILES string of the molecule is CCCn1ccnc1C(O)c1ncccc1F. The van der Waals surface area contributed by atoms with Crippen LogP contribution in [0.1, 0.15) is 31.0 Å². The third-order valence-corrected chi connectivity index (χ3v) is 2.50. The van der Waals surface area contributed by atoms with Crippen LogP contribution in [0.25, 0.3) is 0 Å². The Kier molecular flexibility index (Phi) is 3.49. The summed E-state index contributed by atoms with van der Waals surface area (Å²) in [5, 5.41) is 10.1. The first-order valence-corrected chi connectivity index (χ1v) is 5.53. The highest BCUT2D eigenvalue weighted by Gasteiger charge is 2.20. The van der Waals surface area contributed by atoms with Gasteiger partial charge in [0.15, 0.2) is 6.10 Å². The smallest absolute Gasteiger partial charge is 0.156 e. The van der Waals surface area contributed by atoms with E-state index in [0.29, 0.717) is 5.82 Å². The molecule has 0 aromatic carbocycles. The van der Waals surface area contributed by atoms with Gasteiger partial charge in [0.05, 0.1) is 0 Å². The van der Waals surface area contributed by atoms with E-state index in [2.05, 4.69) is 9.97 Å². The summed E-state index contributed by atoms with van der Waals surface area (Å²) in [6.45, 7) is 2.76. The maximum absolute atomic E-state index is 13.5. The Bertz CT molecular complexity index is 498. The highest BCUT2D eigenvalue weighted by Crippen LogP contribution is 2.20. The number of aliphatic hydroxyl groups excluding tert-OH is 1. The van der Waals surface area contributed by atoms with E-state index in [1.165, 1.54) is 18.3 Å². The Morgan fingerprint density at radius 2 is 2.24 bits per heavy atom. The summed E-state index contributed by atoms with van der Waals surface area (Å²) in [5.41, 5.74) is 0.0102. The molecular weight excluding hydrogens is 221 g/mol. The Morgan fingerprint density at radius 1 is 1.41 bits per heavy atom. The fourth-order valence-corrected chi connectivity index (χ4v) is 1.72. The van der Waals surface area contributed by atoms with Crippen LogP contribution in [0.5, 0.6) is 0 Å². The third-order valence-electron chi connectivity index (χ3n) is 2.50. The second kappa shape index (κ2) is 5.05. The zero-order chi connectivity index (χ0) is 12.3. The Labute approximate surface area is 98.8 Å². The van der Waals surface area contributed by atoms with Crippen molar-refractivity contribution in [2.75, 3.05) is 0 Å². The van der Waals surface area contributed by atoms with Gasteiger partial charge < -0.3 is 9.67 Å². The predicted octanol–water partition coefficient (Wildman–Crippen LogP) is 1.91. The van der Waals surface area contributed by atoms with Gasteiger partial charge in [0.25, 0.3) is 0 Å². The van der Waals surface area contributed by atoms with Crippen molar-refractivity contribution in [2.45, 2.75) is 26.0 Å². The lowest BCUT2D eigenvalue weighted by Gasteiger charge is -2.12. The van der Waals surface area contributed by atoms with Gasteiger partial charge in [0.2, 0.25) is 0 Å². The highest BCUT2D eigenvalue weighted by molar-refractivity contribution is 5.17. The number of nitrogens with zero attached hydrogens (tertiary/aromatic N) is 3. The molecule has 0 aliphatic carbocycles. The highest BCUT2D eigenvalue weighted by atomic mass is 19.1. The van der Waals surface area contributed by atoms with Crippen molar-refractivity contribution in [1.29, 1.82) is 0 Å². The van der Waals surface area contributed by atoms with Crippen molar-refractivity contribution in [2.24, 2.45) is 0 Å². The van der Waals surface area contributed by atoms with Gasteiger partial charge in [-0.3, -0.25) is 4.98 Å². The molecule has 17 heavy (non-hydrogen) atoms. The lowest BCUT2D eigenvalue weighted by molar-refractivity contribution is 0.194. The minimum absolute atomic E-state index is 0.0102. The second-order valence-electron chi connectivity index (χ2n) is 3.75. The monoisotopic (exact) mass is 235 g/mol. The zero-order valence-corrected chi connectivity index (χ0v) is 9.55. The predicted molar refractivity (Wildman–Crippen MR) is 60.8 cm³/mol. The van der Waals surface area contributed by atoms with Crippen LogP contribution < -0.4 is 0 Å². The number of imidazole rings is 1. The number of aliphatic hydroxyl groups is 1. The molecule has 0 amide bonds. The quantitative estimate of drug-likeness (QED) is 0.880. The van der Waals surface area contributed by atoms with Crippen LogP contribution in [0.4, 0.5) is 4.39 Å². The largest absolute Gasteiger partial charge is 0.379 e. The lowest BCUT2D eigenvalue weighted by atomic mass is 10.2. The summed E-state index contributed by atoms with van der Waals surface area (Å²) in [7, 11) is 0. The maximum Gasteiger partial charge on any atom is 0.156 e. The fraction of sp³-hybridized carbons (Fsp3) is 0.333. The Hall–Kier alpha value is -1.75. The molecule has 0 bridgehead atoms. The van der Waals surface area contributed by atoms with Gasteiger partial charge in [-0.1, -0.05) is 6.92 Å². The van der Waals surface area contributed by atoms with E-state index in [9.17, 15) is 9.50 Å². The van der Waals surface area contributed by atoms with Crippen LogP contribution in [0.3, 0.4) is 0 Å². The normalized spacial score (nSPS) is 12.6. The Morgan fingerprint density at radius 3 is 2.94 bits per heavy atom. The number of hydrogen-bond donors (Lipinski definition) is 1.